The van der Waals surface area contributed by atoms with E-state index >= 15 is 0 Å². The van der Waals surface area contributed by atoms with Gasteiger partial charge in [0.05, 0.1) is 11.1 Å². The molecule has 0 atom stereocenters. The van der Waals surface area contributed by atoms with Gasteiger partial charge in [-0.15, -0.1) is 0 Å². The Balaban J connectivity index is 2.10. The molecule has 7 nitrogen and oxygen atoms in total. The van der Waals surface area contributed by atoms with Crippen molar-refractivity contribution in [2.45, 2.75) is 0 Å². The van der Waals surface area contributed by atoms with Gasteiger partial charge in [0.15, 0.2) is 0 Å². The van der Waals surface area contributed by atoms with E-state index in [9.17, 15) is 18.0 Å². The first-order valence-electron chi connectivity index (χ1n) is 4.64. The van der Waals surface area contributed by atoms with Crippen LogP contribution in [0, 0.1) is 0 Å². The Morgan fingerprint density at radius 2 is 1.67 bits per heavy atom. The van der Waals surface area contributed by atoms with Crippen LogP contribution in [-0.4, -0.2) is 35.6 Å². The second-order valence-corrected chi connectivity index (χ2v) is 5.22. The number of fused-ring (bicyclic) bond motifs is 1. The first-order chi connectivity index (χ1) is 8.40. The fraction of sp³-hybridized carbons (Fsp3) is 0.111. The summed E-state index contributed by atoms with van der Waals surface area (Å²) in [6.45, 7) is 0. The fourth-order valence-corrected chi connectivity index (χ4v) is 2.49. The maximum atomic E-state index is 11.8. The van der Waals surface area contributed by atoms with Crippen LogP contribution in [0.15, 0.2) is 24.3 Å². The lowest BCUT2D eigenvalue weighted by atomic mass is 10.1. The van der Waals surface area contributed by atoms with E-state index in [1.165, 1.54) is 12.1 Å². The Bertz CT molecular complexity index is 576. The quantitative estimate of drug-likeness (QED) is 0.494. The molecule has 0 unspecified atom stereocenters. The van der Waals surface area contributed by atoms with Crippen LogP contribution in [0.2, 0.25) is 0 Å². The van der Waals surface area contributed by atoms with Crippen LogP contribution in [0.3, 0.4) is 0 Å². The molecule has 1 aromatic carbocycles. The largest absolute Gasteiger partial charge is 0.408 e. The molecule has 0 radical (unpaired) electrons. The Labute approximate surface area is 107 Å². The van der Waals surface area contributed by atoms with E-state index in [1.54, 1.807) is 12.1 Å². The summed E-state index contributed by atoms with van der Waals surface area (Å²) in [6.07, 6.45) is 0. The third-order valence-electron chi connectivity index (χ3n) is 2.19. The van der Waals surface area contributed by atoms with E-state index in [4.69, 9.17) is 4.55 Å². The van der Waals surface area contributed by atoms with E-state index in [2.05, 4.69) is 3.63 Å². The number of carbonyl (C=O) groups excluding carboxylic acids is 2. The number of benzene rings is 1. The fourth-order valence-electron chi connectivity index (χ4n) is 1.49. The van der Waals surface area contributed by atoms with Crippen molar-refractivity contribution in [3.05, 3.63) is 35.4 Å². The van der Waals surface area contributed by atoms with Crippen molar-refractivity contribution in [3.63, 3.8) is 0 Å². The van der Waals surface area contributed by atoms with Crippen molar-refractivity contribution in [1.82, 2.24) is 4.90 Å². The molecule has 0 aromatic heterocycles. The van der Waals surface area contributed by atoms with E-state index in [1.807, 2.05) is 0 Å². The number of rotatable bonds is 4. The predicted octanol–water partition coefficient (Wildman–Crippen LogP) is 0.708. The molecule has 18 heavy (non-hydrogen) atoms. The molecule has 2 rings (SSSR count). The van der Waals surface area contributed by atoms with E-state index in [0.717, 1.165) is 4.90 Å². The molecule has 2 amide bonds. The van der Waals surface area contributed by atoms with Gasteiger partial charge in [-0.1, -0.05) is 12.1 Å². The average molecular weight is 289 g/mol. The lowest BCUT2D eigenvalue weighted by Crippen LogP contribution is -2.29. The summed E-state index contributed by atoms with van der Waals surface area (Å²) in [7, 11) is -4.60. The topological polar surface area (TPSA) is 101 Å². The summed E-state index contributed by atoms with van der Waals surface area (Å²) in [6, 6.07) is 6.25. The van der Waals surface area contributed by atoms with Gasteiger partial charge in [-0.05, 0) is 12.1 Å². The number of carbonyl (C=O) groups is 2. The average Bonchev–Trinajstić information content (AvgIpc) is 2.53. The Hall–Kier alpha value is -1.42. The summed E-state index contributed by atoms with van der Waals surface area (Å²) < 4.78 is 32.9. The van der Waals surface area contributed by atoms with Gasteiger partial charge in [0, 0.05) is 12.0 Å². The molecule has 0 saturated carbocycles. The van der Waals surface area contributed by atoms with Gasteiger partial charge < -0.3 is 0 Å². The number of amides is 2. The summed E-state index contributed by atoms with van der Waals surface area (Å²) in [5.41, 5.74) is 0.518. The predicted molar refractivity (Wildman–Crippen MR) is 62.0 cm³/mol. The number of hydrogen-bond donors (Lipinski definition) is 1. The van der Waals surface area contributed by atoms with Crippen LogP contribution in [0.25, 0.3) is 0 Å². The van der Waals surface area contributed by atoms with Crippen LogP contribution < -0.4 is 0 Å². The van der Waals surface area contributed by atoms with Crippen LogP contribution >= 0.6 is 12.0 Å². The first kappa shape index (κ1) is 13.0. The van der Waals surface area contributed by atoms with Crippen molar-refractivity contribution < 1.29 is 26.2 Å². The van der Waals surface area contributed by atoms with Crippen molar-refractivity contribution in [2.75, 3.05) is 5.88 Å². The molecule has 9 heteroatoms. The highest BCUT2D eigenvalue weighted by Gasteiger charge is 2.35. The molecule has 0 spiro atoms. The minimum Gasteiger partial charge on any atom is -0.269 e. The standard InChI is InChI=1S/C9H7NO6S2/c11-8-6-3-1-2-4-7(6)9(12)10(8)5-17-16-18(13,14)15/h1-4H,5H2,(H,13,14,15). The van der Waals surface area contributed by atoms with E-state index < -0.39 is 22.2 Å². The van der Waals surface area contributed by atoms with Gasteiger partial charge in [-0.25, -0.2) is 0 Å². The maximum absolute atomic E-state index is 11.8. The number of hydrogen-bond acceptors (Lipinski definition) is 6. The molecular weight excluding hydrogens is 282 g/mol. The molecule has 0 saturated heterocycles. The highest BCUT2D eigenvalue weighted by molar-refractivity contribution is 8.02. The summed E-state index contributed by atoms with van der Waals surface area (Å²) >= 11 is 0.282. The first-order valence-corrected chi connectivity index (χ1v) is 6.91. The monoisotopic (exact) mass is 289 g/mol. The summed E-state index contributed by atoms with van der Waals surface area (Å²) in [4.78, 5) is 24.4. The molecule has 1 aromatic rings. The second-order valence-electron chi connectivity index (χ2n) is 3.33. The Morgan fingerprint density at radius 1 is 1.17 bits per heavy atom. The minimum atomic E-state index is -4.60. The Morgan fingerprint density at radius 3 is 2.11 bits per heavy atom. The normalized spacial score (nSPS) is 15.1. The van der Waals surface area contributed by atoms with Gasteiger partial charge >= 0.3 is 10.4 Å². The highest BCUT2D eigenvalue weighted by atomic mass is 32.3. The van der Waals surface area contributed by atoms with E-state index in [0.29, 0.717) is 0 Å². The van der Waals surface area contributed by atoms with Gasteiger partial charge in [-0.2, -0.15) is 12.0 Å². The maximum Gasteiger partial charge on any atom is 0.408 e. The zero-order chi connectivity index (χ0) is 13.3. The van der Waals surface area contributed by atoms with Crippen LogP contribution in [0.5, 0.6) is 0 Å². The van der Waals surface area contributed by atoms with E-state index in [-0.39, 0.29) is 29.0 Å². The zero-order valence-corrected chi connectivity index (χ0v) is 10.4. The highest BCUT2D eigenvalue weighted by Crippen LogP contribution is 2.24. The molecule has 1 N–H and O–H groups in total. The van der Waals surface area contributed by atoms with Crippen molar-refractivity contribution >= 4 is 34.3 Å². The van der Waals surface area contributed by atoms with Gasteiger partial charge in [0.2, 0.25) is 0 Å². The van der Waals surface area contributed by atoms with Crippen molar-refractivity contribution in [3.8, 4) is 0 Å². The molecular formula is C9H7NO6S2. The third kappa shape index (κ3) is 2.53. The zero-order valence-electron chi connectivity index (χ0n) is 8.77. The van der Waals surface area contributed by atoms with Gasteiger partial charge in [0.1, 0.15) is 5.88 Å². The Kier molecular flexibility index (Phi) is 3.39. The van der Waals surface area contributed by atoms with Crippen LogP contribution in [0.4, 0.5) is 0 Å². The molecule has 0 bridgehead atoms. The summed E-state index contributed by atoms with van der Waals surface area (Å²) in [5, 5.41) is 0. The van der Waals surface area contributed by atoms with Gasteiger partial charge in [0.25, 0.3) is 11.8 Å². The lowest BCUT2D eigenvalue weighted by Gasteiger charge is -2.11. The molecule has 0 aliphatic carbocycles. The molecule has 1 heterocycles. The molecule has 1 aliphatic heterocycles. The molecule has 0 fully saturated rings. The third-order valence-corrected chi connectivity index (χ3v) is 3.63. The molecule has 1 aliphatic rings. The van der Waals surface area contributed by atoms with Crippen molar-refractivity contribution in [2.24, 2.45) is 0 Å². The number of imide groups is 1. The van der Waals surface area contributed by atoms with Gasteiger partial charge in [-0.3, -0.25) is 19.0 Å². The smallest absolute Gasteiger partial charge is 0.269 e. The second kappa shape index (κ2) is 4.69. The van der Waals surface area contributed by atoms with Crippen LogP contribution in [0.1, 0.15) is 20.7 Å². The number of nitrogens with zero attached hydrogens (tertiary/aromatic N) is 1. The minimum absolute atomic E-state index is 0.259. The van der Waals surface area contributed by atoms with Crippen LogP contribution in [-0.2, 0) is 14.0 Å². The SMILES string of the molecule is O=C1c2ccccc2C(=O)N1CSOS(=O)(=O)O. The lowest BCUT2D eigenvalue weighted by molar-refractivity contribution is 0.0682. The van der Waals surface area contributed by atoms with Crippen molar-refractivity contribution in [1.29, 1.82) is 0 Å². The summed E-state index contributed by atoms with van der Waals surface area (Å²) in [5.74, 6) is -1.38. The molecule has 96 valence electrons.